The van der Waals surface area contributed by atoms with E-state index in [1.807, 2.05) is 0 Å². The number of rotatable bonds is 3. The van der Waals surface area contributed by atoms with Gasteiger partial charge in [0.25, 0.3) is 0 Å². The number of hydrogen-bond acceptors (Lipinski definition) is 3. The lowest BCUT2D eigenvalue weighted by atomic mass is 10.1. The number of carbonyl (C=O) groups excluding carboxylic acids is 1. The molecule has 0 fully saturated rings. The summed E-state index contributed by atoms with van der Waals surface area (Å²) >= 11 is 0. The van der Waals surface area contributed by atoms with Gasteiger partial charge in [-0.2, -0.15) is 13.2 Å². The van der Waals surface area contributed by atoms with Gasteiger partial charge in [0.1, 0.15) is 6.04 Å². The second-order valence-corrected chi connectivity index (χ2v) is 3.53. The molecule has 18 heavy (non-hydrogen) atoms. The summed E-state index contributed by atoms with van der Waals surface area (Å²) in [7, 11) is 1.20. The first-order chi connectivity index (χ1) is 8.34. The molecule has 0 radical (unpaired) electrons. The summed E-state index contributed by atoms with van der Waals surface area (Å²) in [5.74, 6) is -0.613. The average Bonchev–Trinajstić information content (AvgIpc) is 2.34. The van der Waals surface area contributed by atoms with E-state index in [-0.39, 0.29) is 0 Å². The van der Waals surface area contributed by atoms with Crippen molar-refractivity contribution < 1.29 is 22.7 Å². The first-order valence-corrected chi connectivity index (χ1v) is 5.03. The van der Waals surface area contributed by atoms with Crippen LogP contribution in [0.4, 0.5) is 13.2 Å². The summed E-state index contributed by atoms with van der Waals surface area (Å²) < 4.78 is 41.3. The molecule has 3 nitrogen and oxygen atoms in total. The van der Waals surface area contributed by atoms with Crippen molar-refractivity contribution >= 4 is 12.0 Å². The molecule has 98 valence electrons. The van der Waals surface area contributed by atoms with Gasteiger partial charge in [-0.25, -0.2) is 0 Å². The average molecular weight is 259 g/mol. The molecule has 0 bridgehead atoms. The standard InChI is InChI=1S/C12H12F3NO2/c1-18-11(17)10(16)7-4-8-2-5-9(6-3-8)12(13,14)15/h2-7,10H,16H2,1H3. The quantitative estimate of drug-likeness (QED) is 0.847. The van der Waals surface area contributed by atoms with Gasteiger partial charge >= 0.3 is 12.1 Å². The van der Waals surface area contributed by atoms with Gasteiger partial charge in [-0.3, -0.25) is 4.79 Å². The van der Waals surface area contributed by atoms with Crippen molar-refractivity contribution in [2.75, 3.05) is 7.11 Å². The molecular formula is C12H12F3NO2. The molecule has 2 N–H and O–H groups in total. The maximum atomic E-state index is 12.3. The summed E-state index contributed by atoms with van der Waals surface area (Å²) in [6, 6.07) is 3.58. The van der Waals surface area contributed by atoms with Crippen LogP contribution in [0.1, 0.15) is 11.1 Å². The van der Waals surface area contributed by atoms with Gasteiger partial charge in [0.2, 0.25) is 0 Å². The molecule has 0 aliphatic rings. The lowest BCUT2D eigenvalue weighted by Gasteiger charge is -2.06. The Labute approximate surface area is 102 Å². The SMILES string of the molecule is COC(=O)C(N)C=Cc1ccc(C(F)(F)F)cc1. The minimum Gasteiger partial charge on any atom is -0.468 e. The zero-order valence-corrected chi connectivity index (χ0v) is 9.57. The van der Waals surface area contributed by atoms with E-state index in [9.17, 15) is 18.0 Å². The molecule has 0 saturated carbocycles. The Balaban J connectivity index is 2.75. The van der Waals surface area contributed by atoms with Crippen molar-refractivity contribution in [2.45, 2.75) is 12.2 Å². The molecule has 0 amide bonds. The molecule has 0 saturated heterocycles. The maximum Gasteiger partial charge on any atom is 0.416 e. The molecule has 1 atom stereocenters. The van der Waals surface area contributed by atoms with Crippen molar-refractivity contribution in [1.29, 1.82) is 0 Å². The van der Waals surface area contributed by atoms with Gasteiger partial charge in [-0.1, -0.05) is 24.3 Å². The molecule has 0 spiro atoms. The molecule has 1 aromatic carbocycles. The number of halogens is 3. The second-order valence-electron chi connectivity index (χ2n) is 3.53. The molecule has 6 heteroatoms. The summed E-state index contributed by atoms with van der Waals surface area (Å²) in [6.45, 7) is 0. The fourth-order valence-corrected chi connectivity index (χ4v) is 1.21. The number of carbonyl (C=O) groups is 1. The Bertz CT molecular complexity index is 438. The highest BCUT2D eigenvalue weighted by Crippen LogP contribution is 2.29. The molecule has 0 aliphatic carbocycles. The van der Waals surface area contributed by atoms with E-state index in [4.69, 9.17) is 5.73 Å². The largest absolute Gasteiger partial charge is 0.468 e. The number of methoxy groups -OCH3 is 1. The lowest BCUT2D eigenvalue weighted by molar-refractivity contribution is -0.141. The summed E-state index contributed by atoms with van der Waals surface area (Å²) in [5.41, 5.74) is 5.22. The lowest BCUT2D eigenvalue weighted by Crippen LogP contribution is -2.28. The molecule has 0 aromatic heterocycles. The fraction of sp³-hybridized carbons (Fsp3) is 0.250. The number of benzene rings is 1. The Morgan fingerprint density at radius 3 is 2.33 bits per heavy atom. The minimum absolute atomic E-state index is 0.516. The van der Waals surface area contributed by atoms with Crippen molar-refractivity contribution in [2.24, 2.45) is 5.73 Å². The Morgan fingerprint density at radius 2 is 1.89 bits per heavy atom. The molecular weight excluding hydrogens is 247 g/mol. The molecule has 1 unspecified atom stereocenters. The van der Waals surface area contributed by atoms with Crippen LogP contribution in [0.25, 0.3) is 6.08 Å². The van der Waals surface area contributed by atoms with Crippen LogP contribution in [-0.2, 0) is 15.7 Å². The van der Waals surface area contributed by atoms with Gasteiger partial charge in [0.15, 0.2) is 0 Å². The summed E-state index contributed by atoms with van der Waals surface area (Å²) in [4.78, 5) is 11.0. The van der Waals surface area contributed by atoms with E-state index in [1.165, 1.54) is 31.4 Å². The predicted octanol–water partition coefficient (Wildman–Crippen LogP) is 2.22. The zero-order chi connectivity index (χ0) is 13.8. The number of ether oxygens (including phenoxy) is 1. The molecule has 0 heterocycles. The molecule has 1 aromatic rings. The number of hydrogen-bond donors (Lipinski definition) is 1. The van der Waals surface area contributed by atoms with Gasteiger partial charge in [-0.05, 0) is 17.7 Å². The third-order valence-corrected chi connectivity index (χ3v) is 2.21. The van der Waals surface area contributed by atoms with E-state index in [2.05, 4.69) is 4.74 Å². The normalized spacial score (nSPS) is 13.6. The van der Waals surface area contributed by atoms with Gasteiger partial charge in [-0.15, -0.1) is 0 Å². The smallest absolute Gasteiger partial charge is 0.416 e. The second kappa shape index (κ2) is 5.68. The van der Waals surface area contributed by atoms with E-state index >= 15 is 0 Å². The number of alkyl halides is 3. The van der Waals surface area contributed by atoms with E-state index in [1.54, 1.807) is 0 Å². The first-order valence-electron chi connectivity index (χ1n) is 5.03. The number of esters is 1. The zero-order valence-electron chi connectivity index (χ0n) is 9.57. The Kier molecular flexibility index (Phi) is 4.49. The van der Waals surface area contributed by atoms with Crippen molar-refractivity contribution in [3.8, 4) is 0 Å². The van der Waals surface area contributed by atoms with Crippen LogP contribution in [0.3, 0.4) is 0 Å². The molecule has 0 aliphatic heterocycles. The van der Waals surface area contributed by atoms with Crippen LogP contribution < -0.4 is 5.73 Å². The summed E-state index contributed by atoms with van der Waals surface area (Å²) in [5, 5.41) is 0. The highest BCUT2D eigenvalue weighted by molar-refractivity contribution is 5.79. The van der Waals surface area contributed by atoms with Crippen molar-refractivity contribution in [3.63, 3.8) is 0 Å². The first kappa shape index (κ1) is 14.2. The molecule has 1 rings (SSSR count). The van der Waals surface area contributed by atoms with Crippen LogP contribution in [0, 0.1) is 0 Å². The Morgan fingerprint density at radius 1 is 1.33 bits per heavy atom. The van der Waals surface area contributed by atoms with Crippen LogP contribution in [-0.4, -0.2) is 19.1 Å². The van der Waals surface area contributed by atoms with Crippen LogP contribution in [0.2, 0.25) is 0 Å². The highest BCUT2D eigenvalue weighted by Gasteiger charge is 2.29. The van der Waals surface area contributed by atoms with Crippen LogP contribution in [0.5, 0.6) is 0 Å². The summed E-state index contributed by atoms with van der Waals surface area (Å²) in [6.07, 6.45) is -1.54. The predicted molar refractivity (Wildman–Crippen MR) is 60.5 cm³/mol. The third-order valence-electron chi connectivity index (χ3n) is 2.21. The van der Waals surface area contributed by atoms with Crippen molar-refractivity contribution in [1.82, 2.24) is 0 Å². The van der Waals surface area contributed by atoms with Crippen molar-refractivity contribution in [3.05, 3.63) is 41.5 Å². The van der Waals surface area contributed by atoms with E-state index in [0.717, 1.165) is 12.1 Å². The van der Waals surface area contributed by atoms with E-state index < -0.39 is 23.8 Å². The van der Waals surface area contributed by atoms with Gasteiger partial charge in [0.05, 0.1) is 12.7 Å². The monoisotopic (exact) mass is 259 g/mol. The highest BCUT2D eigenvalue weighted by atomic mass is 19.4. The fourth-order valence-electron chi connectivity index (χ4n) is 1.21. The topological polar surface area (TPSA) is 52.3 Å². The third kappa shape index (κ3) is 3.89. The van der Waals surface area contributed by atoms with Crippen LogP contribution in [0.15, 0.2) is 30.3 Å². The van der Waals surface area contributed by atoms with Gasteiger partial charge < -0.3 is 10.5 Å². The van der Waals surface area contributed by atoms with E-state index in [0.29, 0.717) is 5.56 Å². The maximum absolute atomic E-state index is 12.3. The Hall–Kier alpha value is -1.82. The number of nitrogens with two attached hydrogens (primary N) is 1. The minimum atomic E-state index is -4.36. The van der Waals surface area contributed by atoms with Crippen LogP contribution >= 0.6 is 0 Å². The van der Waals surface area contributed by atoms with Gasteiger partial charge in [0, 0.05) is 0 Å².